The van der Waals surface area contributed by atoms with Crippen molar-refractivity contribution in [3.63, 3.8) is 0 Å². The molecule has 0 aliphatic heterocycles. The Hall–Kier alpha value is -0.870. The van der Waals surface area contributed by atoms with Crippen LogP contribution in [0.5, 0.6) is 0 Å². The Morgan fingerprint density at radius 2 is 1.84 bits per heavy atom. The lowest BCUT2D eigenvalue weighted by Crippen LogP contribution is -2.50. The highest BCUT2D eigenvalue weighted by molar-refractivity contribution is 5.90. The predicted octanol–water partition coefficient (Wildman–Crippen LogP) is 3.54. The van der Waals surface area contributed by atoms with Gasteiger partial charge in [-0.2, -0.15) is 13.2 Å². The van der Waals surface area contributed by atoms with Crippen LogP contribution in [0.2, 0.25) is 0 Å². The number of Topliss-reactive ketones (excluding diaryl/α,β-unsaturated/α-hetero) is 2. The average Bonchev–Trinajstić information content (AvgIpc) is 2.53. The SMILES string of the molecule is CC1(C)CC[C@H](C(=O)C(F)(F)F)C2(C)CC(=O)CC12. The zero-order chi connectivity index (χ0) is 14.6. The van der Waals surface area contributed by atoms with Crippen LogP contribution >= 0.6 is 0 Å². The van der Waals surface area contributed by atoms with Gasteiger partial charge in [-0.3, -0.25) is 9.59 Å². The summed E-state index contributed by atoms with van der Waals surface area (Å²) in [5.41, 5.74) is -1.01. The van der Waals surface area contributed by atoms with Crippen LogP contribution in [-0.2, 0) is 9.59 Å². The monoisotopic (exact) mass is 276 g/mol. The number of carbonyl (C=O) groups is 2. The number of fused-ring (bicyclic) bond motifs is 1. The third-order valence-electron chi connectivity index (χ3n) is 5.22. The summed E-state index contributed by atoms with van der Waals surface area (Å²) in [7, 11) is 0. The van der Waals surface area contributed by atoms with E-state index in [-0.39, 0.29) is 30.0 Å². The van der Waals surface area contributed by atoms with Crippen molar-refractivity contribution in [2.24, 2.45) is 22.7 Å². The van der Waals surface area contributed by atoms with Crippen LogP contribution in [0, 0.1) is 22.7 Å². The van der Waals surface area contributed by atoms with Gasteiger partial charge >= 0.3 is 6.18 Å². The van der Waals surface area contributed by atoms with Crippen molar-refractivity contribution in [1.29, 1.82) is 0 Å². The third kappa shape index (κ3) is 2.21. The zero-order valence-electron chi connectivity index (χ0n) is 11.4. The summed E-state index contributed by atoms with van der Waals surface area (Å²) in [6.45, 7) is 5.67. The van der Waals surface area contributed by atoms with Gasteiger partial charge in [0, 0.05) is 18.8 Å². The molecule has 2 unspecified atom stereocenters. The minimum Gasteiger partial charge on any atom is -0.300 e. The molecule has 2 saturated carbocycles. The molecule has 0 heterocycles. The summed E-state index contributed by atoms with van der Waals surface area (Å²) in [5, 5.41) is 0. The number of carbonyl (C=O) groups excluding carboxylic acids is 2. The van der Waals surface area contributed by atoms with E-state index in [0.29, 0.717) is 12.8 Å². The Kier molecular flexibility index (Phi) is 3.11. The van der Waals surface area contributed by atoms with Crippen molar-refractivity contribution in [1.82, 2.24) is 0 Å². The Balaban J connectivity index is 2.39. The van der Waals surface area contributed by atoms with Gasteiger partial charge in [0.25, 0.3) is 0 Å². The molecule has 2 rings (SSSR count). The molecule has 2 aliphatic rings. The van der Waals surface area contributed by atoms with Gasteiger partial charge in [0.15, 0.2) is 0 Å². The molecule has 0 aromatic carbocycles. The predicted molar refractivity (Wildman–Crippen MR) is 63.4 cm³/mol. The lowest BCUT2D eigenvalue weighted by molar-refractivity contribution is -0.185. The number of rotatable bonds is 1. The Labute approximate surface area is 110 Å². The highest BCUT2D eigenvalue weighted by Gasteiger charge is 2.61. The van der Waals surface area contributed by atoms with Crippen LogP contribution in [-0.4, -0.2) is 17.7 Å². The van der Waals surface area contributed by atoms with Crippen molar-refractivity contribution in [3.8, 4) is 0 Å². The van der Waals surface area contributed by atoms with Gasteiger partial charge in [-0.15, -0.1) is 0 Å². The topological polar surface area (TPSA) is 34.1 Å². The Morgan fingerprint density at radius 3 is 2.37 bits per heavy atom. The number of hydrogen-bond donors (Lipinski definition) is 0. The first-order chi connectivity index (χ1) is 8.48. The fourth-order valence-corrected chi connectivity index (χ4v) is 4.26. The molecular weight excluding hydrogens is 257 g/mol. The van der Waals surface area contributed by atoms with Crippen molar-refractivity contribution in [3.05, 3.63) is 0 Å². The molecule has 108 valence electrons. The van der Waals surface area contributed by atoms with E-state index in [4.69, 9.17) is 0 Å². The van der Waals surface area contributed by atoms with E-state index >= 15 is 0 Å². The summed E-state index contributed by atoms with van der Waals surface area (Å²) < 4.78 is 38.1. The lowest BCUT2D eigenvalue weighted by Gasteiger charge is -2.50. The van der Waals surface area contributed by atoms with Gasteiger partial charge in [0.2, 0.25) is 5.78 Å². The first-order valence-corrected chi connectivity index (χ1v) is 6.61. The van der Waals surface area contributed by atoms with E-state index in [9.17, 15) is 22.8 Å². The van der Waals surface area contributed by atoms with Crippen molar-refractivity contribution < 1.29 is 22.8 Å². The molecular formula is C14H19F3O2. The van der Waals surface area contributed by atoms with Crippen LogP contribution in [0.1, 0.15) is 46.5 Å². The molecule has 0 aromatic heterocycles. The molecule has 2 aliphatic carbocycles. The standard InChI is InChI=1S/C14H19F3O2/c1-12(2)5-4-9(11(19)14(15,16)17)13(3)7-8(18)6-10(12)13/h9-10H,4-7H2,1-3H3/t9-,10?,13?/m1/s1. The number of hydrogen-bond acceptors (Lipinski definition) is 2. The highest BCUT2D eigenvalue weighted by Crippen LogP contribution is 2.61. The van der Waals surface area contributed by atoms with Gasteiger partial charge in [-0.25, -0.2) is 0 Å². The fourth-order valence-electron chi connectivity index (χ4n) is 4.26. The van der Waals surface area contributed by atoms with Crippen LogP contribution < -0.4 is 0 Å². The second-order valence-corrected chi connectivity index (χ2v) is 6.92. The second-order valence-electron chi connectivity index (χ2n) is 6.92. The Bertz CT molecular complexity index is 425. The molecule has 5 heteroatoms. The maximum Gasteiger partial charge on any atom is 0.450 e. The van der Waals surface area contributed by atoms with Crippen molar-refractivity contribution >= 4 is 11.6 Å². The van der Waals surface area contributed by atoms with E-state index in [0.717, 1.165) is 0 Å². The lowest BCUT2D eigenvalue weighted by atomic mass is 9.53. The Morgan fingerprint density at radius 1 is 1.26 bits per heavy atom. The van der Waals surface area contributed by atoms with Gasteiger partial charge in [-0.1, -0.05) is 20.8 Å². The first kappa shape index (κ1) is 14.5. The van der Waals surface area contributed by atoms with Gasteiger partial charge in [0.05, 0.1) is 0 Å². The van der Waals surface area contributed by atoms with E-state index in [1.807, 2.05) is 13.8 Å². The summed E-state index contributed by atoms with van der Waals surface area (Å²) in [4.78, 5) is 23.4. The summed E-state index contributed by atoms with van der Waals surface area (Å²) in [5.74, 6) is -2.85. The van der Waals surface area contributed by atoms with Crippen molar-refractivity contribution in [2.45, 2.75) is 52.6 Å². The largest absolute Gasteiger partial charge is 0.450 e. The van der Waals surface area contributed by atoms with Gasteiger partial charge < -0.3 is 0 Å². The average molecular weight is 276 g/mol. The molecule has 2 nitrogen and oxygen atoms in total. The van der Waals surface area contributed by atoms with Gasteiger partial charge in [0.1, 0.15) is 5.78 Å². The molecule has 0 bridgehead atoms. The maximum absolute atomic E-state index is 12.7. The van der Waals surface area contributed by atoms with E-state index in [2.05, 4.69) is 0 Å². The summed E-state index contributed by atoms with van der Waals surface area (Å²) >= 11 is 0. The van der Waals surface area contributed by atoms with Crippen LogP contribution in [0.25, 0.3) is 0 Å². The van der Waals surface area contributed by atoms with E-state index < -0.39 is 23.3 Å². The number of alkyl halides is 3. The third-order valence-corrected chi connectivity index (χ3v) is 5.22. The second kappa shape index (κ2) is 4.06. The molecule has 0 N–H and O–H groups in total. The molecule has 0 radical (unpaired) electrons. The quantitative estimate of drug-likeness (QED) is 0.734. The smallest absolute Gasteiger partial charge is 0.300 e. The minimum atomic E-state index is -4.80. The molecule has 0 saturated heterocycles. The fraction of sp³-hybridized carbons (Fsp3) is 0.857. The highest BCUT2D eigenvalue weighted by atomic mass is 19.4. The first-order valence-electron chi connectivity index (χ1n) is 6.61. The number of ketones is 2. The molecule has 2 fully saturated rings. The molecule has 0 aromatic rings. The summed E-state index contributed by atoms with van der Waals surface area (Å²) in [6.07, 6.45) is -3.59. The summed E-state index contributed by atoms with van der Waals surface area (Å²) in [6, 6.07) is 0. The molecule has 0 amide bonds. The molecule has 0 spiro atoms. The molecule has 3 atom stereocenters. The normalized spacial score (nSPS) is 38.1. The van der Waals surface area contributed by atoms with Crippen LogP contribution in [0.3, 0.4) is 0 Å². The zero-order valence-corrected chi connectivity index (χ0v) is 11.4. The maximum atomic E-state index is 12.7. The van der Waals surface area contributed by atoms with Crippen molar-refractivity contribution in [2.75, 3.05) is 0 Å². The van der Waals surface area contributed by atoms with Crippen LogP contribution in [0.15, 0.2) is 0 Å². The van der Waals surface area contributed by atoms with E-state index in [1.54, 1.807) is 6.92 Å². The van der Waals surface area contributed by atoms with E-state index in [1.165, 1.54) is 0 Å². The number of halogens is 3. The van der Waals surface area contributed by atoms with Gasteiger partial charge in [-0.05, 0) is 29.6 Å². The minimum absolute atomic E-state index is 0.0116. The van der Waals surface area contributed by atoms with Crippen LogP contribution in [0.4, 0.5) is 13.2 Å². The molecule has 19 heavy (non-hydrogen) atoms.